The van der Waals surface area contributed by atoms with Crippen molar-refractivity contribution in [2.75, 3.05) is 45.9 Å². The number of hydrogen-bond acceptors (Lipinski definition) is 4. The summed E-state index contributed by atoms with van der Waals surface area (Å²) < 4.78 is 5.37. The summed E-state index contributed by atoms with van der Waals surface area (Å²) in [6, 6.07) is 0.479. The summed E-state index contributed by atoms with van der Waals surface area (Å²) in [5.41, 5.74) is 0. The molecular formula is C17H29N3O3. The Bertz CT molecular complexity index is 423. The lowest BCUT2D eigenvalue weighted by molar-refractivity contribution is -0.138. The highest BCUT2D eigenvalue weighted by atomic mass is 16.5. The summed E-state index contributed by atoms with van der Waals surface area (Å²) in [5, 5.41) is 2.96. The predicted octanol–water partition coefficient (Wildman–Crippen LogP) is 0.616. The second kappa shape index (κ2) is 8.11. The van der Waals surface area contributed by atoms with Gasteiger partial charge in [-0.1, -0.05) is 0 Å². The monoisotopic (exact) mass is 323 g/mol. The first-order chi connectivity index (χ1) is 11.2. The fourth-order valence-corrected chi connectivity index (χ4v) is 4.00. The van der Waals surface area contributed by atoms with Gasteiger partial charge < -0.3 is 15.0 Å². The zero-order valence-electron chi connectivity index (χ0n) is 14.0. The minimum Gasteiger partial charge on any atom is -0.381 e. The number of carbonyl (C=O) groups is 2. The van der Waals surface area contributed by atoms with Gasteiger partial charge in [0.1, 0.15) is 0 Å². The number of amides is 2. The molecular weight excluding hydrogens is 294 g/mol. The summed E-state index contributed by atoms with van der Waals surface area (Å²) in [6.07, 6.45) is 5.38. The molecule has 2 amide bonds. The molecule has 3 saturated heterocycles. The quantitative estimate of drug-likeness (QED) is 0.809. The van der Waals surface area contributed by atoms with Gasteiger partial charge in [-0.05, 0) is 32.1 Å². The molecule has 0 aromatic carbocycles. The van der Waals surface area contributed by atoms with Crippen LogP contribution < -0.4 is 5.32 Å². The summed E-state index contributed by atoms with van der Waals surface area (Å²) >= 11 is 0. The third-order valence-electron chi connectivity index (χ3n) is 5.43. The van der Waals surface area contributed by atoms with E-state index in [2.05, 4.69) is 15.1 Å². The van der Waals surface area contributed by atoms with Crippen LogP contribution in [0.4, 0.5) is 0 Å². The van der Waals surface area contributed by atoms with Gasteiger partial charge >= 0.3 is 0 Å². The van der Waals surface area contributed by atoms with Gasteiger partial charge in [0.2, 0.25) is 11.8 Å². The Morgan fingerprint density at radius 1 is 1.04 bits per heavy atom. The van der Waals surface area contributed by atoms with Gasteiger partial charge in [0.25, 0.3) is 0 Å². The highest BCUT2D eigenvalue weighted by molar-refractivity contribution is 5.79. The molecule has 6 nitrogen and oxygen atoms in total. The van der Waals surface area contributed by atoms with E-state index in [9.17, 15) is 9.59 Å². The van der Waals surface area contributed by atoms with Gasteiger partial charge in [0.15, 0.2) is 0 Å². The molecule has 1 atom stereocenters. The standard InChI is InChI=1S/C17H29N3O3/c21-16-3-2-15(4-7-18-16)19-8-1-9-20(11-10-19)17(22)14-5-12-23-13-6-14/h14-15H,1-13H2,(H,18,21). The molecule has 3 rings (SSSR count). The van der Waals surface area contributed by atoms with Crippen LogP contribution in [0, 0.1) is 5.92 Å². The maximum absolute atomic E-state index is 12.7. The lowest BCUT2D eigenvalue weighted by Crippen LogP contribution is -2.42. The Balaban J connectivity index is 1.52. The third-order valence-corrected chi connectivity index (χ3v) is 5.43. The fraction of sp³-hybridized carbons (Fsp3) is 0.882. The first kappa shape index (κ1) is 16.7. The molecule has 0 aliphatic carbocycles. The van der Waals surface area contributed by atoms with Crippen LogP contribution in [0.15, 0.2) is 0 Å². The lowest BCUT2D eigenvalue weighted by Gasteiger charge is -2.30. The number of carbonyl (C=O) groups excluding carboxylic acids is 2. The Morgan fingerprint density at radius 2 is 1.87 bits per heavy atom. The van der Waals surface area contributed by atoms with Crippen molar-refractivity contribution in [1.82, 2.24) is 15.1 Å². The first-order valence-corrected chi connectivity index (χ1v) is 9.11. The van der Waals surface area contributed by atoms with E-state index in [-0.39, 0.29) is 11.8 Å². The molecule has 0 bridgehead atoms. The molecule has 130 valence electrons. The minimum atomic E-state index is 0.162. The van der Waals surface area contributed by atoms with Crippen LogP contribution in [-0.2, 0) is 14.3 Å². The van der Waals surface area contributed by atoms with Gasteiger partial charge in [-0.25, -0.2) is 0 Å². The Morgan fingerprint density at radius 3 is 2.70 bits per heavy atom. The normalized spacial score (nSPS) is 28.8. The smallest absolute Gasteiger partial charge is 0.225 e. The molecule has 3 aliphatic rings. The molecule has 1 N–H and O–H groups in total. The predicted molar refractivity (Wildman–Crippen MR) is 87.0 cm³/mol. The number of nitrogens with zero attached hydrogens (tertiary/aromatic N) is 2. The van der Waals surface area contributed by atoms with E-state index in [1.807, 2.05) is 0 Å². The number of rotatable bonds is 2. The molecule has 3 fully saturated rings. The van der Waals surface area contributed by atoms with E-state index >= 15 is 0 Å². The van der Waals surface area contributed by atoms with Crippen molar-refractivity contribution < 1.29 is 14.3 Å². The third kappa shape index (κ3) is 4.44. The Labute approximate surface area is 138 Å². The van der Waals surface area contributed by atoms with Crippen molar-refractivity contribution in [3.63, 3.8) is 0 Å². The summed E-state index contributed by atoms with van der Waals surface area (Å²) in [5.74, 6) is 0.668. The van der Waals surface area contributed by atoms with Crippen LogP contribution in [0.3, 0.4) is 0 Å². The van der Waals surface area contributed by atoms with Crippen LogP contribution in [0.1, 0.15) is 38.5 Å². The van der Waals surface area contributed by atoms with Gasteiger partial charge in [0, 0.05) is 64.3 Å². The van der Waals surface area contributed by atoms with Crippen LogP contribution in [0.2, 0.25) is 0 Å². The topological polar surface area (TPSA) is 61.9 Å². The second-order valence-corrected chi connectivity index (χ2v) is 6.93. The van der Waals surface area contributed by atoms with Crippen molar-refractivity contribution in [2.24, 2.45) is 5.92 Å². The van der Waals surface area contributed by atoms with Crippen LogP contribution in [-0.4, -0.2) is 73.6 Å². The average Bonchev–Trinajstić information content (AvgIpc) is 2.95. The highest BCUT2D eigenvalue weighted by Gasteiger charge is 2.29. The van der Waals surface area contributed by atoms with Crippen molar-refractivity contribution in [1.29, 1.82) is 0 Å². The van der Waals surface area contributed by atoms with Crippen molar-refractivity contribution in [3.05, 3.63) is 0 Å². The fourth-order valence-electron chi connectivity index (χ4n) is 4.00. The summed E-state index contributed by atoms with van der Waals surface area (Å²) in [7, 11) is 0. The number of nitrogens with one attached hydrogen (secondary N) is 1. The maximum atomic E-state index is 12.7. The van der Waals surface area contributed by atoms with E-state index in [1.54, 1.807) is 0 Å². The lowest BCUT2D eigenvalue weighted by atomic mass is 9.98. The molecule has 0 aromatic rings. The van der Waals surface area contributed by atoms with E-state index in [1.165, 1.54) is 0 Å². The van der Waals surface area contributed by atoms with Crippen LogP contribution in [0.25, 0.3) is 0 Å². The molecule has 6 heteroatoms. The molecule has 0 saturated carbocycles. The molecule has 0 radical (unpaired) electrons. The van der Waals surface area contributed by atoms with Gasteiger partial charge in [0.05, 0.1) is 0 Å². The van der Waals surface area contributed by atoms with Crippen LogP contribution >= 0.6 is 0 Å². The van der Waals surface area contributed by atoms with E-state index in [0.29, 0.717) is 18.4 Å². The van der Waals surface area contributed by atoms with Gasteiger partial charge in [-0.3, -0.25) is 14.5 Å². The summed E-state index contributed by atoms with van der Waals surface area (Å²) in [6.45, 7) is 5.90. The van der Waals surface area contributed by atoms with Crippen molar-refractivity contribution >= 4 is 11.8 Å². The largest absolute Gasteiger partial charge is 0.381 e. The van der Waals surface area contributed by atoms with E-state index in [4.69, 9.17) is 4.74 Å². The van der Waals surface area contributed by atoms with E-state index < -0.39 is 0 Å². The SMILES string of the molecule is O=C1CCC(N2CCCN(C(=O)C3CCOCC3)CC2)CCN1. The van der Waals surface area contributed by atoms with Gasteiger partial charge in [-0.15, -0.1) is 0 Å². The molecule has 3 heterocycles. The Kier molecular flexibility index (Phi) is 5.89. The first-order valence-electron chi connectivity index (χ1n) is 9.11. The van der Waals surface area contributed by atoms with Crippen LogP contribution in [0.5, 0.6) is 0 Å². The van der Waals surface area contributed by atoms with Crippen molar-refractivity contribution in [2.45, 2.75) is 44.6 Å². The minimum absolute atomic E-state index is 0.162. The molecule has 1 unspecified atom stereocenters. The molecule has 0 spiro atoms. The maximum Gasteiger partial charge on any atom is 0.225 e. The highest BCUT2D eigenvalue weighted by Crippen LogP contribution is 2.20. The zero-order valence-corrected chi connectivity index (χ0v) is 14.0. The molecule has 0 aromatic heterocycles. The Hall–Kier alpha value is -1.14. The number of hydrogen-bond donors (Lipinski definition) is 1. The van der Waals surface area contributed by atoms with Crippen molar-refractivity contribution in [3.8, 4) is 0 Å². The van der Waals surface area contributed by atoms with Gasteiger partial charge in [-0.2, -0.15) is 0 Å². The second-order valence-electron chi connectivity index (χ2n) is 6.93. The van der Waals surface area contributed by atoms with E-state index in [0.717, 1.165) is 78.0 Å². The molecule has 23 heavy (non-hydrogen) atoms. The number of ether oxygens (including phenoxy) is 1. The summed E-state index contributed by atoms with van der Waals surface area (Å²) in [4.78, 5) is 28.8. The molecule has 3 aliphatic heterocycles. The zero-order chi connectivity index (χ0) is 16.1. The average molecular weight is 323 g/mol.